The van der Waals surface area contributed by atoms with Gasteiger partial charge in [0.25, 0.3) is 0 Å². The highest BCUT2D eigenvalue weighted by molar-refractivity contribution is 6.29. The molecule has 2 nitrogen and oxygen atoms in total. The summed E-state index contributed by atoms with van der Waals surface area (Å²) in [6.07, 6.45) is 2.58. The third kappa shape index (κ3) is 0.747. The SMILES string of the molecule is Cn1n[c]cc1Cl. The zero-order valence-electron chi connectivity index (χ0n) is 3.85. The van der Waals surface area contributed by atoms with Gasteiger partial charge in [-0.1, -0.05) is 11.6 Å². The van der Waals surface area contributed by atoms with E-state index in [1.165, 1.54) is 0 Å². The van der Waals surface area contributed by atoms with Crippen molar-refractivity contribution >= 4 is 11.6 Å². The summed E-state index contributed by atoms with van der Waals surface area (Å²) in [6, 6.07) is 1.61. The van der Waals surface area contributed by atoms with E-state index in [4.69, 9.17) is 11.6 Å². The summed E-state index contributed by atoms with van der Waals surface area (Å²) in [5, 5.41) is 4.29. The highest BCUT2D eigenvalue weighted by Gasteiger charge is 1.87. The Morgan fingerprint density at radius 1 is 2.00 bits per heavy atom. The number of rotatable bonds is 0. The fourth-order valence-corrected chi connectivity index (χ4v) is 0.397. The molecule has 1 aromatic rings. The van der Waals surface area contributed by atoms with Gasteiger partial charge in [0.05, 0.1) is 0 Å². The van der Waals surface area contributed by atoms with Crippen LogP contribution in [0.4, 0.5) is 0 Å². The van der Waals surface area contributed by atoms with Crippen molar-refractivity contribution in [3.8, 4) is 0 Å². The summed E-state index contributed by atoms with van der Waals surface area (Å²) in [5.74, 6) is 0. The van der Waals surface area contributed by atoms with E-state index in [9.17, 15) is 0 Å². The molecule has 0 spiro atoms. The number of aromatic nitrogens is 2. The molecule has 0 saturated heterocycles. The zero-order chi connectivity index (χ0) is 5.28. The van der Waals surface area contributed by atoms with Crippen molar-refractivity contribution in [3.63, 3.8) is 0 Å². The van der Waals surface area contributed by atoms with Gasteiger partial charge in [0.2, 0.25) is 0 Å². The van der Waals surface area contributed by atoms with E-state index < -0.39 is 0 Å². The van der Waals surface area contributed by atoms with Gasteiger partial charge in [0.1, 0.15) is 11.3 Å². The Kier molecular flexibility index (Phi) is 1.02. The molecule has 0 atom stereocenters. The van der Waals surface area contributed by atoms with Gasteiger partial charge in [-0.3, -0.25) is 4.68 Å². The lowest BCUT2D eigenvalue weighted by Crippen LogP contribution is -1.87. The molecule has 0 aromatic carbocycles. The molecule has 7 heavy (non-hydrogen) atoms. The number of hydrogen-bond donors (Lipinski definition) is 0. The minimum absolute atomic E-state index is 0.611. The fourth-order valence-electron chi connectivity index (χ4n) is 0.310. The van der Waals surface area contributed by atoms with E-state index in [-0.39, 0.29) is 0 Å². The number of hydrogen-bond acceptors (Lipinski definition) is 1. The first kappa shape index (κ1) is 4.65. The molecule has 0 unspecified atom stereocenters. The van der Waals surface area contributed by atoms with Crippen molar-refractivity contribution in [1.29, 1.82) is 0 Å². The molecule has 37 valence electrons. The van der Waals surface area contributed by atoms with Gasteiger partial charge in [0, 0.05) is 13.1 Å². The Labute approximate surface area is 46.7 Å². The van der Waals surface area contributed by atoms with Crippen LogP contribution in [0.2, 0.25) is 5.15 Å². The zero-order valence-corrected chi connectivity index (χ0v) is 4.61. The average molecular weight is 116 g/mol. The van der Waals surface area contributed by atoms with Gasteiger partial charge in [-0.15, -0.1) is 0 Å². The van der Waals surface area contributed by atoms with E-state index >= 15 is 0 Å². The largest absolute Gasteiger partial charge is 0.256 e. The molecule has 0 aliphatic heterocycles. The first-order valence-corrected chi connectivity index (χ1v) is 2.24. The Morgan fingerprint density at radius 3 is 2.86 bits per heavy atom. The molecule has 0 amide bonds. The Morgan fingerprint density at radius 2 is 2.71 bits per heavy atom. The third-order valence-corrected chi connectivity index (χ3v) is 1.05. The van der Waals surface area contributed by atoms with Crippen LogP contribution in [-0.4, -0.2) is 9.78 Å². The Hall–Kier alpha value is -0.500. The highest BCUT2D eigenvalue weighted by Crippen LogP contribution is 2.01. The fraction of sp³-hybridized carbons (Fsp3) is 0.250. The number of halogens is 1. The third-order valence-electron chi connectivity index (χ3n) is 0.701. The van der Waals surface area contributed by atoms with E-state index in [2.05, 4.69) is 11.3 Å². The second-order valence-electron chi connectivity index (χ2n) is 1.22. The lowest BCUT2D eigenvalue weighted by atomic mass is 10.7. The average Bonchev–Trinajstić information content (AvgIpc) is 1.91. The van der Waals surface area contributed by atoms with Gasteiger partial charge in [-0.2, -0.15) is 5.10 Å². The first-order valence-electron chi connectivity index (χ1n) is 1.86. The van der Waals surface area contributed by atoms with Crippen LogP contribution in [0.25, 0.3) is 0 Å². The quantitative estimate of drug-likeness (QED) is 0.491. The molecular formula is C4H4ClN2. The van der Waals surface area contributed by atoms with Crippen LogP contribution >= 0.6 is 11.6 Å². The van der Waals surface area contributed by atoms with Crippen molar-refractivity contribution in [1.82, 2.24) is 9.78 Å². The molecule has 3 heteroatoms. The van der Waals surface area contributed by atoms with Crippen LogP contribution in [0.3, 0.4) is 0 Å². The first-order chi connectivity index (χ1) is 3.30. The summed E-state index contributed by atoms with van der Waals surface area (Å²) in [7, 11) is 1.76. The Bertz CT molecular complexity index is 142. The normalized spacial score (nSPS) is 9.43. The van der Waals surface area contributed by atoms with Gasteiger partial charge >= 0.3 is 0 Å². The van der Waals surface area contributed by atoms with Gasteiger partial charge in [-0.25, -0.2) is 0 Å². The van der Waals surface area contributed by atoms with E-state index in [0.717, 1.165) is 0 Å². The minimum atomic E-state index is 0.611. The molecule has 1 aromatic heterocycles. The van der Waals surface area contributed by atoms with Gasteiger partial charge in [-0.05, 0) is 0 Å². The maximum Gasteiger partial charge on any atom is 0.127 e. The summed E-state index contributed by atoms with van der Waals surface area (Å²) in [4.78, 5) is 0. The van der Waals surface area contributed by atoms with Crippen LogP contribution < -0.4 is 0 Å². The van der Waals surface area contributed by atoms with E-state index in [1.54, 1.807) is 17.8 Å². The molecule has 0 saturated carbocycles. The van der Waals surface area contributed by atoms with Crippen LogP contribution in [0.15, 0.2) is 6.07 Å². The second-order valence-corrected chi connectivity index (χ2v) is 1.61. The number of aryl methyl sites for hydroxylation is 1. The molecule has 0 bridgehead atoms. The van der Waals surface area contributed by atoms with Gasteiger partial charge < -0.3 is 0 Å². The Balaban J connectivity index is 3.12. The van der Waals surface area contributed by atoms with Crippen molar-refractivity contribution < 1.29 is 0 Å². The molecular weight excluding hydrogens is 112 g/mol. The van der Waals surface area contributed by atoms with Gasteiger partial charge in [0.15, 0.2) is 0 Å². The second kappa shape index (κ2) is 1.54. The highest BCUT2D eigenvalue weighted by atomic mass is 35.5. The number of nitrogens with zero attached hydrogens (tertiary/aromatic N) is 2. The van der Waals surface area contributed by atoms with E-state index in [0.29, 0.717) is 5.15 Å². The summed E-state index contributed by atoms with van der Waals surface area (Å²) in [6.45, 7) is 0. The maximum atomic E-state index is 5.49. The minimum Gasteiger partial charge on any atom is -0.256 e. The molecule has 1 heterocycles. The van der Waals surface area contributed by atoms with E-state index in [1.807, 2.05) is 0 Å². The van der Waals surface area contributed by atoms with Crippen LogP contribution in [-0.2, 0) is 7.05 Å². The monoisotopic (exact) mass is 115 g/mol. The lowest BCUT2D eigenvalue weighted by Gasteiger charge is -1.84. The van der Waals surface area contributed by atoms with Crippen LogP contribution in [0, 0.1) is 6.20 Å². The standard InChI is InChI=1S/C4H4ClN2/c1-7-4(5)2-3-6-7/h2H,1H3. The lowest BCUT2D eigenvalue weighted by molar-refractivity contribution is 0.766. The van der Waals surface area contributed by atoms with Crippen LogP contribution in [0.1, 0.15) is 0 Å². The summed E-state index contributed by atoms with van der Waals surface area (Å²) >= 11 is 5.49. The topological polar surface area (TPSA) is 17.8 Å². The molecule has 0 N–H and O–H groups in total. The molecule has 1 radical (unpaired) electrons. The van der Waals surface area contributed by atoms with Crippen LogP contribution in [0.5, 0.6) is 0 Å². The molecule has 0 aliphatic rings. The molecule has 1 rings (SSSR count). The predicted octanol–water partition coefficient (Wildman–Crippen LogP) is 0.874. The van der Waals surface area contributed by atoms with Crippen molar-refractivity contribution in [2.75, 3.05) is 0 Å². The molecule has 0 aliphatic carbocycles. The maximum absolute atomic E-state index is 5.49. The van der Waals surface area contributed by atoms with Crippen molar-refractivity contribution in [2.24, 2.45) is 7.05 Å². The predicted molar refractivity (Wildman–Crippen MR) is 27.1 cm³/mol. The molecule has 0 fully saturated rings. The van der Waals surface area contributed by atoms with Crippen molar-refractivity contribution in [2.45, 2.75) is 0 Å². The summed E-state index contributed by atoms with van der Waals surface area (Å²) < 4.78 is 1.54. The summed E-state index contributed by atoms with van der Waals surface area (Å²) in [5.41, 5.74) is 0. The van der Waals surface area contributed by atoms with Crippen molar-refractivity contribution in [3.05, 3.63) is 17.4 Å². The smallest absolute Gasteiger partial charge is 0.127 e.